The Hall–Kier alpha value is -2.42. The number of rotatable bonds is 8. The highest BCUT2D eigenvalue weighted by Crippen LogP contribution is 2.36. The lowest BCUT2D eigenvalue weighted by Gasteiger charge is -2.12. The Morgan fingerprint density at radius 2 is 1.86 bits per heavy atom. The number of thioether (sulfide) groups is 1. The summed E-state index contributed by atoms with van der Waals surface area (Å²) in [6.07, 6.45) is 0. The molecule has 0 spiro atoms. The van der Waals surface area contributed by atoms with E-state index in [9.17, 15) is 4.79 Å². The fraction of sp³-hybridized carbons (Fsp3) is 0.211. The number of amides is 1. The second kappa shape index (κ2) is 9.87. The second-order valence-corrected chi connectivity index (χ2v) is 7.58. The molecule has 7 nitrogen and oxygen atoms in total. The lowest BCUT2D eigenvalue weighted by molar-refractivity contribution is -0.113. The van der Waals surface area contributed by atoms with E-state index in [1.165, 1.54) is 26.0 Å². The van der Waals surface area contributed by atoms with Gasteiger partial charge in [-0.3, -0.25) is 4.79 Å². The van der Waals surface area contributed by atoms with E-state index in [1.807, 2.05) is 12.1 Å². The van der Waals surface area contributed by atoms with Crippen molar-refractivity contribution in [3.05, 3.63) is 52.3 Å². The number of anilines is 1. The molecule has 0 fully saturated rings. The number of hydrogen-bond acceptors (Lipinski definition) is 7. The number of methoxy groups -OCH3 is 2. The van der Waals surface area contributed by atoms with Crippen LogP contribution in [0.5, 0.6) is 11.5 Å². The summed E-state index contributed by atoms with van der Waals surface area (Å²) in [5.74, 6) is 2.18. The minimum atomic E-state index is -0.216. The van der Waals surface area contributed by atoms with Crippen molar-refractivity contribution in [2.24, 2.45) is 0 Å². The smallest absolute Gasteiger partial charge is 0.236 e. The van der Waals surface area contributed by atoms with E-state index >= 15 is 0 Å². The number of nitrogens with zero attached hydrogens (tertiary/aromatic N) is 2. The number of benzene rings is 2. The van der Waals surface area contributed by atoms with Crippen molar-refractivity contribution >= 4 is 46.6 Å². The normalized spacial score (nSPS) is 10.6. The van der Waals surface area contributed by atoms with Crippen molar-refractivity contribution in [2.45, 2.75) is 5.75 Å². The minimum absolute atomic E-state index is 0.186. The monoisotopic (exact) mass is 453 g/mol. The molecule has 1 aromatic heterocycles. The summed E-state index contributed by atoms with van der Waals surface area (Å²) in [4.78, 5) is 16.6. The molecule has 10 heteroatoms. The molecule has 0 aliphatic rings. The Kier molecular flexibility index (Phi) is 7.24. The molecule has 0 aliphatic heterocycles. The van der Waals surface area contributed by atoms with Crippen LogP contribution in [0.2, 0.25) is 10.0 Å². The molecule has 1 amide bonds. The highest BCUT2D eigenvalue weighted by atomic mass is 35.5. The van der Waals surface area contributed by atoms with Gasteiger partial charge >= 0.3 is 0 Å². The van der Waals surface area contributed by atoms with E-state index in [2.05, 4.69) is 15.5 Å². The molecule has 3 rings (SSSR count). The van der Waals surface area contributed by atoms with E-state index in [0.29, 0.717) is 44.7 Å². The van der Waals surface area contributed by atoms with Gasteiger partial charge in [-0.05, 0) is 30.3 Å². The van der Waals surface area contributed by atoms with Gasteiger partial charge in [0.15, 0.2) is 0 Å². The molecule has 2 aromatic carbocycles. The predicted octanol–water partition coefficient (Wildman–Crippen LogP) is 4.93. The third kappa shape index (κ3) is 5.56. The Balaban J connectivity index is 1.54. The molecule has 0 aliphatic carbocycles. The topological polar surface area (TPSA) is 86.5 Å². The van der Waals surface area contributed by atoms with Crippen molar-refractivity contribution < 1.29 is 18.8 Å². The van der Waals surface area contributed by atoms with Crippen LogP contribution in [0.15, 0.2) is 40.9 Å². The second-order valence-electron chi connectivity index (χ2n) is 5.75. The highest BCUT2D eigenvalue weighted by molar-refractivity contribution is 7.99. The number of ether oxygens (including phenoxy) is 2. The number of carbonyl (C=O) groups excluding carboxylic acids is 1. The van der Waals surface area contributed by atoms with E-state index in [4.69, 9.17) is 37.2 Å². The molecule has 0 atom stereocenters. The summed E-state index contributed by atoms with van der Waals surface area (Å²) >= 11 is 13.3. The summed E-state index contributed by atoms with van der Waals surface area (Å²) in [6, 6.07) is 10.3. The Morgan fingerprint density at radius 1 is 1.14 bits per heavy atom. The Bertz CT molecular complexity index is 996. The van der Waals surface area contributed by atoms with Crippen molar-refractivity contribution in [1.29, 1.82) is 0 Å². The largest absolute Gasteiger partial charge is 0.495 e. The van der Waals surface area contributed by atoms with Gasteiger partial charge in [-0.25, -0.2) is 0 Å². The molecule has 1 N–H and O–H groups in total. The van der Waals surface area contributed by atoms with Gasteiger partial charge in [0.2, 0.25) is 17.6 Å². The summed E-state index contributed by atoms with van der Waals surface area (Å²) in [5, 5.41) is 7.72. The number of nitrogens with one attached hydrogen (secondary N) is 1. The van der Waals surface area contributed by atoms with Crippen LogP contribution in [0, 0.1) is 0 Å². The first-order chi connectivity index (χ1) is 14.0. The molecule has 0 saturated carbocycles. The van der Waals surface area contributed by atoms with E-state index in [-0.39, 0.29) is 11.7 Å². The van der Waals surface area contributed by atoms with Gasteiger partial charge in [0, 0.05) is 16.7 Å². The van der Waals surface area contributed by atoms with Crippen LogP contribution >= 0.6 is 35.0 Å². The van der Waals surface area contributed by atoms with Crippen LogP contribution < -0.4 is 14.8 Å². The zero-order valence-corrected chi connectivity index (χ0v) is 17.9. The number of hydrogen-bond donors (Lipinski definition) is 1. The average Bonchev–Trinajstić information content (AvgIpc) is 3.17. The van der Waals surface area contributed by atoms with Crippen molar-refractivity contribution in [3.8, 4) is 22.9 Å². The molecule has 3 aromatic rings. The predicted molar refractivity (Wildman–Crippen MR) is 114 cm³/mol. The van der Waals surface area contributed by atoms with Crippen LogP contribution in [-0.4, -0.2) is 36.0 Å². The molecule has 29 heavy (non-hydrogen) atoms. The first-order valence-electron chi connectivity index (χ1n) is 8.37. The lowest BCUT2D eigenvalue weighted by atomic mass is 10.2. The maximum Gasteiger partial charge on any atom is 0.236 e. The van der Waals surface area contributed by atoms with Crippen LogP contribution in [0.3, 0.4) is 0 Å². The quantitative estimate of drug-likeness (QED) is 0.516. The van der Waals surface area contributed by atoms with Crippen molar-refractivity contribution in [1.82, 2.24) is 10.1 Å². The summed E-state index contributed by atoms with van der Waals surface area (Å²) in [6.45, 7) is 0. The van der Waals surface area contributed by atoms with Gasteiger partial charge in [-0.15, -0.1) is 11.8 Å². The first-order valence-corrected chi connectivity index (χ1v) is 10.3. The van der Waals surface area contributed by atoms with E-state index in [1.54, 1.807) is 24.3 Å². The molecule has 152 valence electrons. The van der Waals surface area contributed by atoms with Crippen molar-refractivity contribution in [2.75, 3.05) is 25.3 Å². The lowest BCUT2D eigenvalue weighted by Crippen LogP contribution is -2.15. The molecular formula is C19H17Cl2N3O4S. The first kappa shape index (κ1) is 21.3. The van der Waals surface area contributed by atoms with Gasteiger partial charge in [0.25, 0.3) is 0 Å². The third-order valence-electron chi connectivity index (χ3n) is 3.78. The highest BCUT2D eigenvalue weighted by Gasteiger charge is 2.14. The number of halogens is 2. The fourth-order valence-corrected chi connectivity index (χ4v) is 3.42. The van der Waals surface area contributed by atoms with Crippen molar-refractivity contribution in [3.63, 3.8) is 0 Å². The summed E-state index contributed by atoms with van der Waals surface area (Å²) in [5.41, 5.74) is 1.27. The van der Waals surface area contributed by atoms with Gasteiger partial charge in [0.1, 0.15) is 11.5 Å². The third-order valence-corrected chi connectivity index (χ3v) is 5.24. The fourth-order valence-electron chi connectivity index (χ4n) is 2.40. The number of aromatic nitrogens is 2. The molecule has 0 bridgehead atoms. The van der Waals surface area contributed by atoms with Gasteiger partial charge in [-0.1, -0.05) is 28.4 Å². The van der Waals surface area contributed by atoms with Gasteiger partial charge in [-0.2, -0.15) is 4.98 Å². The standard InChI is InChI=1S/C19H17Cl2N3O4S/c1-26-15-8-16(27-2)14(7-13(15)21)22-17(25)9-29-10-18-23-19(24-28-18)11-3-5-12(20)6-4-11/h3-8H,9-10H2,1-2H3,(H,22,25). The van der Waals surface area contributed by atoms with Gasteiger partial charge in [0.05, 0.1) is 36.4 Å². The number of carbonyl (C=O) groups is 1. The Morgan fingerprint density at radius 3 is 2.55 bits per heavy atom. The zero-order valence-electron chi connectivity index (χ0n) is 15.6. The summed E-state index contributed by atoms with van der Waals surface area (Å²) in [7, 11) is 3.01. The average molecular weight is 454 g/mol. The van der Waals surface area contributed by atoms with Crippen LogP contribution in [0.25, 0.3) is 11.4 Å². The van der Waals surface area contributed by atoms with Crippen LogP contribution in [0.1, 0.15) is 5.89 Å². The van der Waals surface area contributed by atoms with E-state index < -0.39 is 0 Å². The maximum absolute atomic E-state index is 12.3. The minimum Gasteiger partial charge on any atom is -0.495 e. The Labute approximate surface area is 181 Å². The summed E-state index contributed by atoms with van der Waals surface area (Å²) < 4.78 is 15.6. The zero-order chi connectivity index (χ0) is 20.8. The SMILES string of the molecule is COc1cc(OC)c(NC(=O)CSCc2nc(-c3ccc(Cl)cc3)no2)cc1Cl. The molecule has 1 heterocycles. The molecular weight excluding hydrogens is 437 g/mol. The van der Waals surface area contributed by atoms with Gasteiger partial charge < -0.3 is 19.3 Å². The van der Waals surface area contributed by atoms with E-state index in [0.717, 1.165) is 5.56 Å². The molecule has 0 saturated heterocycles. The molecule has 0 radical (unpaired) electrons. The maximum atomic E-state index is 12.3. The molecule has 0 unspecified atom stereocenters. The van der Waals surface area contributed by atoms with Crippen LogP contribution in [-0.2, 0) is 10.5 Å². The van der Waals surface area contributed by atoms with Crippen LogP contribution in [0.4, 0.5) is 5.69 Å².